The largest absolute Gasteiger partial charge is 0.380 e. The van der Waals surface area contributed by atoms with Crippen LogP contribution in [0.4, 0.5) is 4.39 Å². The molecule has 0 radical (unpaired) electrons. The van der Waals surface area contributed by atoms with Crippen LogP contribution in [0.5, 0.6) is 0 Å². The fourth-order valence-electron chi connectivity index (χ4n) is 1.08. The molecule has 3 heteroatoms. The van der Waals surface area contributed by atoms with Gasteiger partial charge < -0.3 is 10.1 Å². The highest BCUT2D eigenvalue weighted by molar-refractivity contribution is 4.81. The van der Waals surface area contributed by atoms with Crippen molar-refractivity contribution in [2.75, 3.05) is 20.3 Å². The summed E-state index contributed by atoms with van der Waals surface area (Å²) in [5.74, 6) is 0. The van der Waals surface area contributed by atoms with Crippen molar-refractivity contribution in [2.24, 2.45) is 0 Å². The fraction of sp³-hybridized carbons (Fsp3) is 1.00. The number of halogens is 1. The summed E-state index contributed by atoms with van der Waals surface area (Å²) in [7, 11) is 1.66. The van der Waals surface area contributed by atoms with Gasteiger partial charge in [-0.2, -0.15) is 0 Å². The standard InChI is InChI=1S/C6H12FNO/c1-9-6-2-5(3-7)8-4-6/h5-6,8H,2-4H2,1H3/t5-,6+/m0/s1. The molecule has 0 aliphatic carbocycles. The van der Waals surface area contributed by atoms with Gasteiger partial charge in [-0.3, -0.25) is 0 Å². The highest BCUT2D eigenvalue weighted by atomic mass is 19.1. The lowest BCUT2D eigenvalue weighted by Gasteiger charge is -2.03. The summed E-state index contributed by atoms with van der Waals surface area (Å²) in [6.45, 7) is 0.519. The zero-order valence-electron chi connectivity index (χ0n) is 5.56. The molecule has 2 nitrogen and oxygen atoms in total. The first-order chi connectivity index (χ1) is 4.36. The number of rotatable bonds is 2. The van der Waals surface area contributed by atoms with Crippen molar-refractivity contribution in [2.45, 2.75) is 18.6 Å². The molecule has 0 amide bonds. The zero-order chi connectivity index (χ0) is 6.69. The van der Waals surface area contributed by atoms with Crippen LogP contribution in [0.15, 0.2) is 0 Å². The molecule has 1 heterocycles. The Morgan fingerprint density at radius 1 is 1.78 bits per heavy atom. The van der Waals surface area contributed by atoms with Gasteiger partial charge in [0.1, 0.15) is 6.67 Å². The first-order valence-electron chi connectivity index (χ1n) is 3.19. The Morgan fingerprint density at radius 2 is 2.56 bits per heavy atom. The van der Waals surface area contributed by atoms with Crippen molar-refractivity contribution in [3.05, 3.63) is 0 Å². The molecule has 1 aliphatic rings. The number of methoxy groups -OCH3 is 1. The molecule has 1 N–H and O–H groups in total. The van der Waals surface area contributed by atoms with Crippen LogP contribution in [0.3, 0.4) is 0 Å². The fourth-order valence-corrected chi connectivity index (χ4v) is 1.08. The van der Waals surface area contributed by atoms with Crippen molar-refractivity contribution in [1.82, 2.24) is 5.32 Å². The maximum absolute atomic E-state index is 11.9. The van der Waals surface area contributed by atoms with Crippen molar-refractivity contribution >= 4 is 0 Å². The van der Waals surface area contributed by atoms with E-state index in [2.05, 4.69) is 5.32 Å². The Hall–Kier alpha value is -0.150. The van der Waals surface area contributed by atoms with Crippen LogP contribution >= 0.6 is 0 Å². The molecular weight excluding hydrogens is 121 g/mol. The van der Waals surface area contributed by atoms with Gasteiger partial charge in [-0.25, -0.2) is 4.39 Å². The van der Waals surface area contributed by atoms with Gasteiger partial charge in [0.15, 0.2) is 0 Å². The Labute approximate surface area is 54.4 Å². The Kier molecular flexibility index (Phi) is 2.42. The average Bonchev–Trinajstić information content (AvgIpc) is 2.34. The summed E-state index contributed by atoms with van der Waals surface area (Å²) in [4.78, 5) is 0. The van der Waals surface area contributed by atoms with Crippen molar-refractivity contribution in [3.63, 3.8) is 0 Å². The van der Waals surface area contributed by atoms with E-state index in [1.54, 1.807) is 7.11 Å². The Morgan fingerprint density at radius 3 is 2.89 bits per heavy atom. The van der Waals surface area contributed by atoms with E-state index in [9.17, 15) is 4.39 Å². The molecule has 0 aromatic heterocycles. The Bertz CT molecular complexity index is 79.1. The number of hydrogen-bond acceptors (Lipinski definition) is 2. The molecule has 54 valence electrons. The predicted octanol–water partition coefficient (Wildman–Crippen LogP) is 0.333. The summed E-state index contributed by atoms with van der Waals surface area (Å²) >= 11 is 0. The minimum Gasteiger partial charge on any atom is -0.380 e. The maximum Gasteiger partial charge on any atom is 0.105 e. The van der Waals surface area contributed by atoms with E-state index in [-0.39, 0.29) is 18.8 Å². The highest BCUT2D eigenvalue weighted by Gasteiger charge is 2.22. The number of ether oxygens (including phenoxy) is 1. The molecule has 1 aliphatic heterocycles. The summed E-state index contributed by atoms with van der Waals surface area (Å²) in [5.41, 5.74) is 0. The monoisotopic (exact) mass is 133 g/mol. The lowest BCUT2D eigenvalue weighted by atomic mass is 10.2. The lowest BCUT2D eigenvalue weighted by Crippen LogP contribution is -2.23. The molecule has 0 spiro atoms. The van der Waals surface area contributed by atoms with Crippen LogP contribution < -0.4 is 5.32 Å². The van der Waals surface area contributed by atoms with E-state index in [4.69, 9.17) is 4.74 Å². The number of alkyl halides is 1. The van der Waals surface area contributed by atoms with Crippen LogP contribution in [0.2, 0.25) is 0 Å². The summed E-state index contributed by atoms with van der Waals surface area (Å²) < 4.78 is 16.9. The second-order valence-corrected chi connectivity index (χ2v) is 2.35. The lowest BCUT2D eigenvalue weighted by molar-refractivity contribution is 0.116. The Balaban J connectivity index is 2.20. The third-order valence-electron chi connectivity index (χ3n) is 1.70. The molecule has 0 aromatic carbocycles. The third kappa shape index (κ3) is 1.63. The molecule has 1 fully saturated rings. The molecule has 1 rings (SSSR count). The van der Waals surface area contributed by atoms with Crippen molar-refractivity contribution in [3.8, 4) is 0 Å². The van der Waals surface area contributed by atoms with Gasteiger partial charge in [0, 0.05) is 19.7 Å². The quantitative estimate of drug-likeness (QED) is 0.586. The first-order valence-corrected chi connectivity index (χ1v) is 3.19. The minimum atomic E-state index is -0.278. The smallest absolute Gasteiger partial charge is 0.105 e. The molecule has 0 unspecified atom stereocenters. The minimum absolute atomic E-state index is 0.0370. The molecule has 2 atom stereocenters. The van der Waals surface area contributed by atoms with E-state index in [0.717, 1.165) is 13.0 Å². The zero-order valence-corrected chi connectivity index (χ0v) is 5.56. The van der Waals surface area contributed by atoms with Gasteiger partial charge in [0.25, 0.3) is 0 Å². The topological polar surface area (TPSA) is 21.3 Å². The van der Waals surface area contributed by atoms with E-state index in [0.29, 0.717) is 0 Å². The van der Waals surface area contributed by atoms with Crippen molar-refractivity contribution in [1.29, 1.82) is 0 Å². The SMILES string of the molecule is CO[C@H]1CN[C@H](CF)C1. The number of nitrogens with one attached hydrogen (secondary N) is 1. The van der Waals surface area contributed by atoms with Crippen LogP contribution in [-0.4, -0.2) is 32.5 Å². The second-order valence-electron chi connectivity index (χ2n) is 2.35. The molecular formula is C6H12FNO. The van der Waals surface area contributed by atoms with Gasteiger partial charge in [0.05, 0.1) is 6.10 Å². The van der Waals surface area contributed by atoms with Crippen LogP contribution in [0.25, 0.3) is 0 Å². The molecule has 0 bridgehead atoms. The molecule has 0 aromatic rings. The third-order valence-corrected chi connectivity index (χ3v) is 1.70. The number of hydrogen-bond donors (Lipinski definition) is 1. The van der Waals surface area contributed by atoms with E-state index < -0.39 is 0 Å². The molecule has 9 heavy (non-hydrogen) atoms. The van der Waals surface area contributed by atoms with Crippen LogP contribution in [-0.2, 0) is 4.74 Å². The van der Waals surface area contributed by atoms with Gasteiger partial charge in [-0.1, -0.05) is 0 Å². The van der Waals surface area contributed by atoms with Crippen molar-refractivity contribution < 1.29 is 9.13 Å². The van der Waals surface area contributed by atoms with E-state index in [1.165, 1.54) is 0 Å². The average molecular weight is 133 g/mol. The van der Waals surface area contributed by atoms with E-state index >= 15 is 0 Å². The van der Waals surface area contributed by atoms with E-state index in [1.807, 2.05) is 0 Å². The summed E-state index contributed by atoms with van der Waals surface area (Å²) in [6, 6.07) is 0.0370. The summed E-state index contributed by atoms with van der Waals surface area (Å²) in [6.07, 6.45) is 1.04. The summed E-state index contributed by atoms with van der Waals surface area (Å²) in [5, 5.41) is 3.01. The second kappa shape index (κ2) is 3.13. The van der Waals surface area contributed by atoms with Gasteiger partial charge in [0.2, 0.25) is 0 Å². The normalized spacial score (nSPS) is 35.3. The molecule has 0 saturated carbocycles. The van der Waals surface area contributed by atoms with Gasteiger partial charge in [-0.05, 0) is 6.42 Å². The maximum atomic E-state index is 11.9. The highest BCUT2D eigenvalue weighted by Crippen LogP contribution is 2.08. The molecule has 1 saturated heterocycles. The van der Waals surface area contributed by atoms with Crippen LogP contribution in [0.1, 0.15) is 6.42 Å². The van der Waals surface area contributed by atoms with Crippen LogP contribution in [0, 0.1) is 0 Å². The van der Waals surface area contributed by atoms with Gasteiger partial charge >= 0.3 is 0 Å². The van der Waals surface area contributed by atoms with Gasteiger partial charge in [-0.15, -0.1) is 0 Å². The first kappa shape index (κ1) is 6.96. The predicted molar refractivity (Wildman–Crippen MR) is 33.2 cm³/mol.